The second-order valence-corrected chi connectivity index (χ2v) is 8.36. The topological polar surface area (TPSA) is 102 Å². The smallest absolute Gasteiger partial charge is 0.243 e. The number of rotatable bonds is 8. The number of nitrogens with one attached hydrogen (secondary N) is 1. The molecule has 1 aromatic rings. The first-order valence-electron chi connectivity index (χ1n) is 9.10. The van der Waals surface area contributed by atoms with Gasteiger partial charge < -0.3 is 15.8 Å². The summed E-state index contributed by atoms with van der Waals surface area (Å²) in [6.45, 7) is 6.10. The molecule has 26 heavy (non-hydrogen) atoms. The highest BCUT2D eigenvalue weighted by molar-refractivity contribution is 7.89. The molecule has 1 heterocycles. The second kappa shape index (κ2) is 9.45. The zero-order valence-electron chi connectivity index (χ0n) is 15.5. The quantitative estimate of drug-likeness (QED) is 0.700. The van der Waals surface area contributed by atoms with Crippen LogP contribution >= 0.6 is 0 Å². The summed E-state index contributed by atoms with van der Waals surface area (Å²) in [5.41, 5.74) is 6.88. The Morgan fingerprint density at radius 3 is 2.35 bits per heavy atom. The average molecular weight is 384 g/mol. The molecule has 1 aromatic carbocycles. The van der Waals surface area contributed by atoms with Gasteiger partial charge in [0, 0.05) is 32.8 Å². The van der Waals surface area contributed by atoms with Crippen LogP contribution < -0.4 is 11.1 Å². The Morgan fingerprint density at radius 2 is 1.81 bits per heavy atom. The highest BCUT2D eigenvalue weighted by atomic mass is 32.2. The van der Waals surface area contributed by atoms with E-state index in [1.165, 1.54) is 4.31 Å². The van der Waals surface area contributed by atoms with E-state index in [1.807, 2.05) is 13.8 Å². The van der Waals surface area contributed by atoms with E-state index in [1.54, 1.807) is 24.3 Å². The molecule has 0 aliphatic carbocycles. The number of hydrogen-bond acceptors (Lipinski definition) is 5. The van der Waals surface area contributed by atoms with Gasteiger partial charge in [0.1, 0.15) is 0 Å². The zero-order chi connectivity index (χ0) is 19.2. The Morgan fingerprint density at radius 1 is 1.23 bits per heavy atom. The molecule has 7 nitrogen and oxygen atoms in total. The molecule has 0 aromatic heterocycles. The highest BCUT2D eigenvalue weighted by Gasteiger charge is 2.26. The van der Waals surface area contributed by atoms with Crippen LogP contribution in [0, 0.1) is 5.92 Å². The van der Waals surface area contributed by atoms with E-state index < -0.39 is 16.1 Å². The first-order valence-corrected chi connectivity index (χ1v) is 10.5. The number of nitrogens with two attached hydrogens (primary N) is 1. The van der Waals surface area contributed by atoms with Gasteiger partial charge in [-0.25, -0.2) is 8.42 Å². The molecule has 2 rings (SSSR count). The van der Waals surface area contributed by atoms with Crippen molar-refractivity contribution in [1.29, 1.82) is 0 Å². The number of amides is 1. The summed E-state index contributed by atoms with van der Waals surface area (Å²) < 4.78 is 31.6. The number of hydrogen-bond donors (Lipinski definition) is 2. The lowest BCUT2D eigenvalue weighted by Crippen LogP contribution is -2.46. The summed E-state index contributed by atoms with van der Waals surface area (Å²) in [7, 11) is -3.46. The van der Waals surface area contributed by atoms with Crippen molar-refractivity contribution in [1.82, 2.24) is 9.62 Å². The van der Waals surface area contributed by atoms with Crippen LogP contribution in [0.4, 0.5) is 0 Å². The molecule has 1 fully saturated rings. The van der Waals surface area contributed by atoms with Crippen LogP contribution in [0.15, 0.2) is 29.2 Å². The van der Waals surface area contributed by atoms with E-state index in [0.29, 0.717) is 32.8 Å². The molecule has 0 radical (unpaired) electrons. The molecule has 1 aliphatic heterocycles. The van der Waals surface area contributed by atoms with Crippen molar-refractivity contribution in [3.05, 3.63) is 29.8 Å². The molecule has 0 saturated carbocycles. The number of benzene rings is 1. The van der Waals surface area contributed by atoms with Crippen LogP contribution in [0.1, 0.15) is 32.3 Å². The molecule has 146 valence electrons. The van der Waals surface area contributed by atoms with Gasteiger partial charge in [-0.15, -0.1) is 0 Å². The Kier molecular flexibility index (Phi) is 7.57. The number of sulfonamides is 1. The highest BCUT2D eigenvalue weighted by Crippen LogP contribution is 2.18. The third-order valence-electron chi connectivity index (χ3n) is 4.81. The van der Waals surface area contributed by atoms with Crippen molar-refractivity contribution in [2.75, 3.05) is 26.3 Å². The van der Waals surface area contributed by atoms with Crippen LogP contribution in [-0.2, 0) is 26.1 Å². The summed E-state index contributed by atoms with van der Waals surface area (Å²) in [6.07, 6.45) is 1.60. The van der Waals surface area contributed by atoms with Crippen molar-refractivity contribution in [2.45, 2.75) is 44.2 Å². The molecule has 1 saturated heterocycles. The maximum Gasteiger partial charge on any atom is 0.243 e. The Labute approximate surface area is 155 Å². The van der Waals surface area contributed by atoms with Gasteiger partial charge in [0.25, 0.3) is 0 Å². The molecular formula is C18H29N3O4S. The molecule has 1 amide bonds. The average Bonchev–Trinajstić information content (AvgIpc) is 2.67. The van der Waals surface area contributed by atoms with E-state index in [0.717, 1.165) is 18.4 Å². The Bertz CT molecular complexity index is 681. The molecule has 1 aliphatic rings. The molecule has 3 N–H and O–H groups in total. The number of ether oxygens (including phenoxy) is 1. The maximum atomic E-state index is 12.5. The van der Waals surface area contributed by atoms with Crippen LogP contribution in [0.3, 0.4) is 0 Å². The standard InChI is InChI=1S/C18H29N3O4S/c1-3-21(4-2)26(23,24)16-7-5-14(6-8-16)13-20-18(22)17(19)15-9-11-25-12-10-15/h5-8,15,17H,3-4,9-13,19H2,1-2H3,(H,20,22). The van der Waals surface area contributed by atoms with Gasteiger partial charge in [-0.1, -0.05) is 26.0 Å². The van der Waals surface area contributed by atoms with Crippen LogP contribution in [0.2, 0.25) is 0 Å². The van der Waals surface area contributed by atoms with Crippen molar-refractivity contribution in [2.24, 2.45) is 11.7 Å². The summed E-state index contributed by atoms with van der Waals surface area (Å²) in [5, 5.41) is 2.83. The first kappa shape index (κ1) is 20.8. The molecule has 0 spiro atoms. The van der Waals surface area contributed by atoms with Crippen molar-refractivity contribution in [3.8, 4) is 0 Å². The summed E-state index contributed by atoms with van der Waals surface area (Å²) >= 11 is 0. The Balaban J connectivity index is 1.93. The second-order valence-electron chi connectivity index (χ2n) is 6.43. The van der Waals surface area contributed by atoms with Gasteiger partial charge in [0.2, 0.25) is 15.9 Å². The van der Waals surface area contributed by atoms with E-state index in [4.69, 9.17) is 10.5 Å². The first-order chi connectivity index (χ1) is 12.4. The van der Waals surface area contributed by atoms with Gasteiger partial charge in [-0.3, -0.25) is 4.79 Å². The van der Waals surface area contributed by atoms with Crippen molar-refractivity contribution >= 4 is 15.9 Å². The predicted molar refractivity (Wildman–Crippen MR) is 99.9 cm³/mol. The molecule has 1 unspecified atom stereocenters. The monoisotopic (exact) mass is 383 g/mol. The maximum absolute atomic E-state index is 12.5. The largest absolute Gasteiger partial charge is 0.381 e. The lowest BCUT2D eigenvalue weighted by molar-refractivity contribution is -0.124. The third-order valence-corrected chi connectivity index (χ3v) is 6.87. The van der Waals surface area contributed by atoms with E-state index in [-0.39, 0.29) is 16.7 Å². The van der Waals surface area contributed by atoms with Crippen LogP contribution in [0.25, 0.3) is 0 Å². The lowest BCUT2D eigenvalue weighted by atomic mass is 9.92. The van der Waals surface area contributed by atoms with Gasteiger partial charge in [0.15, 0.2) is 0 Å². The van der Waals surface area contributed by atoms with Crippen molar-refractivity contribution in [3.63, 3.8) is 0 Å². The third kappa shape index (κ3) is 5.03. The minimum absolute atomic E-state index is 0.144. The van der Waals surface area contributed by atoms with Gasteiger partial charge in [-0.2, -0.15) is 4.31 Å². The van der Waals surface area contributed by atoms with E-state index >= 15 is 0 Å². The summed E-state index contributed by atoms with van der Waals surface area (Å²) in [5.74, 6) is -0.0397. The molecule has 0 bridgehead atoms. The zero-order valence-corrected chi connectivity index (χ0v) is 16.3. The lowest BCUT2D eigenvalue weighted by Gasteiger charge is -2.26. The minimum atomic E-state index is -3.46. The Hall–Kier alpha value is -1.48. The van der Waals surface area contributed by atoms with Crippen molar-refractivity contribution < 1.29 is 17.9 Å². The van der Waals surface area contributed by atoms with E-state index in [2.05, 4.69) is 5.32 Å². The molecule has 8 heteroatoms. The van der Waals surface area contributed by atoms with Crippen LogP contribution in [0.5, 0.6) is 0 Å². The van der Waals surface area contributed by atoms with Gasteiger partial charge >= 0.3 is 0 Å². The fraction of sp³-hybridized carbons (Fsp3) is 0.611. The number of carbonyl (C=O) groups is 1. The molecular weight excluding hydrogens is 354 g/mol. The number of carbonyl (C=O) groups excluding carboxylic acids is 1. The fourth-order valence-corrected chi connectivity index (χ4v) is 4.55. The minimum Gasteiger partial charge on any atom is -0.381 e. The summed E-state index contributed by atoms with van der Waals surface area (Å²) in [4.78, 5) is 12.5. The normalized spacial score (nSPS) is 17.2. The predicted octanol–water partition coefficient (Wildman–Crippen LogP) is 1.09. The number of nitrogens with zero attached hydrogens (tertiary/aromatic N) is 1. The van der Waals surface area contributed by atoms with Gasteiger partial charge in [0.05, 0.1) is 10.9 Å². The summed E-state index contributed by atoms with van der Waals surface area (Å²) in [6, 6.07) is 6.05. The van der Waals surface area contributed by atoms with E-state index in [9.17, 15) is 13.2 Å². The molecule has 1 atom stereocenters. The van der Waals surface area contributed by atoms with Gasteiger partial charge in [-0.05, 0) is 36.5 Å². The fourth-order valence-electron chi connectivity index (χ4n) is 3.09. The van der Waals surface area contributed by atoms with Crippen LogP contribution in [-0.4, -0.2) is 51.0 Å². The SMILES string of the molecule is CCN(CC)S(=O)(=O)c1ccc(CNC(=O)C(N)C2CCOCC2)cc1.